The highest BCUT2D eigenvalue weighted by Crippen LogP contribution is 2.36. The quantitative estimate of drug-likeness (QED) is 0.741. The van der Waals surface area contributed by atoms with Crippen LogP contribution in [0.25, 0.3) is 0 Å². The molecule has 0 aromatic rings. The fourth-order valence-electron chi connectivity index (χ4n) is 3.54. The summed E-state index contributed by atoms with van der Waals surface area (Å²) in [6.07, 6.45) is 12.5. The summed E-state index contributed by atoms with van der Waals surface area (Å²) in [5.41, 5.74) is 3.23. The Kier molecular flexibility index (Phi) is 4.62. The summed E-state index contributed by atoms with van der Waals surface area (Å²) >= 11 is 0. The first-order chi connectivity index (χ1) is 9.72. The lowest BCUT2D eigenvalue weighted by atomic mass is 9.81. The first kappa shape index (κ1) is 14.3. The van der Waals surface area contributed by atoms with Gasteiger partial charge in [0, 0.05) is 11.8 Å². The van der Waals surface area contributed by atoms with E-state index in [-0.39, 0.29) is 6.29 Å². The van der Waals surface area contributed by atoms with Gasteiger partial charge in [0.25, 0.3) is 0 Å². The molecule has 20 heavy (non-hydrogen) atoms. The molecule has 0 radical (unpaired) electrons. The normalized spacial score (nSPS) is 39.1. The van der Waals surface area contributed by atoms with Crippen LogP contribution >= 0.6 is 0 Å². The van der Waals surface area contributed by atoms with Gasteiger partial charge in [0.15, 0.2) is 6.29 Å². The molecular weight excluding hydrogens is 248 g/mol. The van der Waals surface area contributed by atoms with Crippen molar-refractivity contribution in [2.45, 2.75) is 58.7 Å². The van der Waals surface area contributed by atoms with Gasteiger partial charge in [0.1, 0.15) is 0 Å². The van der Waals surface area contributed by atoms with Crippen LogP contribution in [0.15, 0.2) is 23.3 Å². The highest BCUT2D eigenvalue weighted by Gasteiger charge is 2.29. The molecule has 1 saturated heterocycles. The predicted octanol–water partition coefficient (Wildman–Crippen LogP) is 4.47. The molecule has 2 unspecified atom stereocenters. The molecule has 3 aliphatic rings. The van der Waals surface area contributed by atoms with Crippen molar-refractivity contribution in [3.05, 3.63) is 23.3 Å². The van der Waals surface area contributed by atoms with E-state index in [1.165, 1.54) is 32.1 Å². The number of ether oxygens (including phenoxy) is 2. The lowest BCUT2D eigenvalue weighted by Gasteiger charge is -2.35. The average molecular weight is 276 g/mol. The zero-order valence-electron chi connectivity index (χ0n) is 12.9. The number of allylic oxidation sites excluding steroid dienone is 4. The van der Waals surface area contributed by atoms with Crippen LogP contribution in [0.3, 0.4) is 0 Å². The Bertz CT molecular complexity index is 388. The van der Waals surface area contributed by atoms with Crippen molar-refractivity contribution in [2.75, 3.05) is 13.2 Å². The fourth-order valence-corrected chi connectivity index (χ4v) is 3.54. The van der Waals surface area contributed by atoms with Crippen molar-refractivity contribution in [1.29, 1.82) is 0 Å². The van der Waals surface area contributed by atoms with E-state index in [2.05, 4.69) is 26.0 Å². The van der Waals surface area contributed by atoms with Gasteiger partial charge in [-0.2, -0.15) is 0 Å². The zero-order valence-corrected chi connectivity index (χ0v) is 12.9. The van der Waals surface area contributed by atoms with Gasteiger partial charge < -0.3 is 9.47 Å². The summed E-state index contributed by atoms with van der Waals surface area (Å²) in [6.45, 7) is 6.27. The Balaban J connectivity index is 1.55. The SMILES string of the molecule is CC1CC=C(C2=CCC(C3OCC(C)CO3)CC2)CC1. The minimum atomic E-state index is 0.0457. The largest absolute Gasteiger partial charge is 0.352 e. The summed E-state index contributed by atoms with van der Waals surface area (Å²) in [7, 11) is 0. The summed E-state index contributed by atoms with van der Waals surface area (Å²) in [5.74, 6) is 1.99. The molecule has 1 heterocycles. The second-order valence-corrected chi connectivity index (χ2v) is 7.01. The highest BCUT2D eigenvalue weighted by atomic mass is 16.7. The van der Waals surface area contributed by atoms with Crippen molar-refractivity contribution in [3.8, 4) is 0 Å². The van der Waals surface area contributed by atoms with Gasteiger partial charge >= 0.3 is 0 Å². The number of hydrogen-bond acceptors (Lipinski definition) is 2. The van der Waals surface area contributed by atoms with Crippen molar-refractivity contribution < 1.29 is 9.47 Å². The molecule has 1 fully saturated rings. The Labute approximate surface area is 123 Å². The molecule has 2 aliphatic carbocycles. The van der Waals surface area contributed by atoms with Crippen LogP contribution in [0.2, 0.25) is 0 Å². The Morgan fingerprint density at radius 2 is 1.50 bits per heavy atom. The number of hydrogen-bond donors (Lipinski definition) is 0. The van der Waals surface area contributed by atoms with Gasteiger partial charge in [0.2, 0.25) is 0 Å². The Morgan fingerprint density at radius 3 is 2.05 bits per heavy atom. The summed E-state index contributed by atoms with van der Waals surface area (Å²) < 4.78 is 11.7. The summed E-state index contributed by atoms with van der Waals surface area (Å²) in [6, 6.07) is 0. The van der Waals surface area contributed by atoms with E-state index >= 15 is 0 Å². The molecule has 1 aliphatic heterocycles. The summed E-state index contributed by atoms with van der Waals surface area (Å²) in [5, 5.41) is 0. The third kappa shape index (κ3) is 3.35. The average Bonchev–Trinajstić information content (AvgIpc) is 2.49. The van der Waals surface area contributed by atoms with Gasteiger partial charge in [-0.25, -0.2) is 0 Å². The Hall–Kier alpha value is -0.600. The minimum absolute atomic E-state index is 0.0457. The molecule has 0 N–H and O–H groups in total. The molecule has 2 heteroatoms. The van der Waals surface area contributed by atoms with Gasteiger partial charge in [-0.05, 0) is 55.6 Å². The third-order valence-electron chi connectivity index (χ3n) is 5.01. The molecule has 2 atom stereocenters. The van der Waals surface area contributed by atoms with Crippen LogP contribution in [0.1, 0.15) is 52.4 Å². The maximum absolute atomic E-state index is 5.86. The van der Waals surface area contributed by atoms with E-state index in [1.54, 1.807) is 11.1 Å². The standard InChI is InChI=1S/C18H28O2/c1-13-3-5-15(6-4-13)16-7-9-17(10-8-16)18-19-11-14(2)12-20-18/h5,7,13-14,17-18H,3-4,6,8-12H2,1-2H3. The molecule has 0 bridgehead atoms. The van der Waals surface area contributed by atoms with Crippen LogP contribution < -0.4 is 0 Å². The van der Waals surface area contributed by atoms with Crippen LogP contribution in [0, 0.1) is 17.8 Å². The van der Waals surface area contributed by atoms with Crippen LogP contribution in [-0.4, -0.2) is 19.5 Å². The van der Waals surface area contributed by atoms with E-state index in [9.17, 15) is 0 Å². The van der Waals surface area contributed by atoms with Crippen LogP contribution in [-0.2, 0) is 9.47 Å². The monoisotopic (exact) mass is 276 g/mol. The van der Waals surface area contributed by atoms with Crippen LogP contribution in [0.4, 0.5) is 0 Å². The first-order valence-corrected chi connectivity index (χ1v) is 8.34. The van der Waals surface area contributed by atoms with Crippen molar-refractivity contribution >= 4 is 0 Å². The fraction of sp³-hybridized carbons (Fsp3) is 0.778. The topological polar surface area (TPSA) is 18.5 Å². The van der Waals surface area contributed by atoms with Gasteiger partial charge in [-0.1, -0.05) is 26.0 Å². The highest BCUT2D eigenvalue weighted by molar-refractivity contribution is 5.33. The van der Waals surface area contributed by atoms with Crippen molar-refractivity contribution in [1.82, 2.24) is 0 Å². The van der Waals surface area contributed by atoms with Crippen molar-refractivity contribution in [2.24, 2.45) is 17.8 Å². The van der Waals surface area contributed by atoms with Crippen LogP contribution in [0.5, 0.6) is 0 Å². The van der Waals surface area contributed by atoms with Gasteiger partial charge in [-0.15, -0.1) is 0 Å². The molecule has 3 rings (SSSR count). The van der Waals surface area contributed by atoms with E-state index in [0.29, 0.717) is 11.8 Å². The number of rotatable bonds is 2. The summed E-state index contributed by atoms with van der Waals surface area (Å²) in [4.78, 5) is 0. The molecular formula is C18H28O2. The lowest BCUT2D eigenvalue weighted by Crippen LogP contribution is -2.36. The molecule has 0 amide bonds. The van der Waals surface area contributed by atoms with E-state index < -0.39 is 0 Å². The van der Waals surface area contributed by atoms with E-state index in [1.807, 2.05) is 0 Å². The lowest BCUT2D eigenvalue weighted by molar-refractivity contribution is -0.222. The second-order valence-electron chi connectivity index (χ2n) is 7.01. The van der Waals surface area contributed by atoms with Crippen molar-refractivity contribution in [3.63, 3.8) is 0 Å². The van der Waals surface area contributed by atoms with E-state index in [0.717, 1.165) is 25.6 Å². The van der Waals surface area contributed by atoms with Gasteiger partial charge in [0.05, 0.1) is 13.2 Å². The zero-order chi connectivity index (χ0) is 13.9. The molecule has 0 aromatic heterocycles. The van der Waals surface area contributed by atoms with E-state index in [4.69, 9.17) is 9.47 Å². The first-order valence-electron chi connectivity index (χ1n) is 8.34. The predicted molar refractivity (Wildman–Crippen MR) is 81.4 cm³/mol. The Morgan fingerprint density at radius 1 is 0.850 bits per heavy atom. The maximum Gasteiger partial charge on any atom is 0.160 e. The molecule has 112 valence electrons. The molecule has 0 saturated carbocycles. The minimum Gasteiger partial charge on any atom is -0.352 e. The second kappa shape index (κ2) is 6.44. The maximum atomic E-state index is 5.86. The molecule has 0 aromatic carbocycles. The molecule has 2 nitrogen and oxygen atoms in total. The molecule has 0 spiro atoms. The smallest absolute Gasteiger partial charge is 0.160 e. The van der Waals surface area contributed by atoms with Gasteiger partial charge in [-0.3, -0.25) is 0 Å². The third-order valence-corrected chi connectivity index (χ3v) is 5.01.